The number of nitrogens with two attached hydrogens (primary N) is 1. The number of hydrogen-bond acceptors (Lipinski definition) is 3. The molecule has 0 spiro atoms. The van der Waals surface area contributed by atoms with Crippen LogP contribution < -0.4 is 5.73 Å². The van der Waals surface area contributed by atoms with Crippen LogP contribution in [-0.2, 0) is 14.4 Å². The third-order valence-corrected chi connectivity index (χ3v) is 4.15. The summed E-state index contributed by atoms with van der Waals surface area (Å²) >= 11 is 0. The van der Waals surface area contributed by atoms with E-state index in [1.807, 2.05) is 6.92 Å². The zero-order chi connectivity index (χ0) is 14.0. The van der Waals surface area contributed by atoms with E-state index in [2.05, 4.69) is 0 Å². The summed E-state index contributed by atoms with van der Waals surface area (Å²) in [6.45, 7) is 4.26. The van der Waals surface area contributed by atoms with Gasteiger partial charge in [0, 0.05) is 38.5 Å². The van der Waals surface area contributed by atoms with Crippen molar-refractivity contribution in [2.45, 2.75) is 26.2 Å². The third-order valence-electron chi connectivity index (χ3n) is 4.15. The van der Waals surface area contributed by atoms with E-state index in [9.17, 15) is 14.4 Å². The van der Waals surface area contributed by atoms with Crippen molar-refractivity contribution in [2.75, 3.05) is 26.2 Å². The van der Waals surface area contributed by atoms with E-state index >= 15 is 0 Å². The second-order valence-corrected chi connectivity index (χ2v) is 5.34. The average molecular weight is 267 g/mol. The van der Waals surface area contributed by atoms with Crippen LogP contribution in [0.4, 0.5) is 0 Å². The minimum Gasteiger partial charge on any atom is -0.369 e. The average Bonchev–Trinajstić information content (AvgIpc) is 2.79. The first-order valence-corrected chi connectivity index (χ1v) is 6.88. The molecule has 2 saturated heterocycles. The van der Waals surface area contributed by atoms with E-state index in [4.69, 9.17) is 5.73 Å². The first kappa shape index (κ1) is 13.8. The van der Waals surface area contributed by atoms with Crippen LogP contribution in [0.3, 0.4) is 0 Å². The lowest BCUT2D eigenvalue weighted by molar-refractivity contribution is -0.138. The maximum atomic E-state index is 12.3. The number of nitrogens with zero attached hydrogens (tertiary/aromatic N) is 2. The molecular weight excluding hydrogens is 246 g/mol. The Kier molecular flexibility index (Phi) is 4.07. The molecule has 0 aliphatic carbocycles. The van der Waals surface area contributed by atoms with Crippen LogP contribution in [0.15, 0.2) is 0 Å². The highest BCUT2D eigenvalue weighted by Gasteiger charge is 2.37. The summed E-state index contributed by atoms with van der Waals surface area (Å²) in [5, 5.41) is 0. The third kappa shape index (κ3) is 2.88. The Hall–Kier alpha value is -1.59. The van der Waals surface area contributed by atoms with Crippen LogP contribution in [0, 0.1) is 11.8 Å². The Labute approximate surface area is 112 Å². The van der Waals surface area contributed by atoms with Gasteiger partial charge in [0.1, 0.15) is 0 Å². The Morgan fingerprint density at radius 3 is 2.37 bits per heavy atom. The molecule has 3 amide bonds. The van der Waals surface area contributed by atoms with Crippen LogP contribution in [0.5, 0.6) is 0 Å². The predicted octanol–water partition coefficient (Wildman–Crippen LogP) is -0.421. The van der Waals surface area contributed by atoms with Gasteiger partial charge in [0.15, 0.2) is 0 Å². The fourth-order valence-corrected chi connectivity index (χ4v) is 2.89. The van der Waals surface area contributed by atoms with Crippen LogP contribution >= 0.6 is 0 Å². The summed E-state index contributed by atoms with van der Waals surface area (Å²) < 4.78 is 0. The van der Waals surface area contributed by atoms with Gasteiger partial charge in [0.2, 0.25) is 17.7 Å². The highest BCUT2D eigenvalue weighted by atomic mass is 16.2. The van der Waals surface area contributed by atoms with E-state index < -0.39 is 0 Å². The first-order valence-electron chi connectivity index (χ1n) is 6.88. The lowest BCUT2D eigenvalue weighted by atomic mass is 9.95. The van der Waals surface area contributed by atoms with Crippen molar-refractivity contribution in [2.24, 2.45) is 17.6 Å². The fraction of sp³-hybridized carbons (Fsp3) is 0.769. The molecule has 1 unspecified atom stereocenters. The molecule has 0 radical (unpaired) electrons. The zero-order valence-electron chi connectivity index (χ0n) is 11.3. The van der Waals surface area contributed by atoms with Gasteiger partial charge in [0.25, 0.3) is 0 Å². The SMILES string of the molecule is CCN1CC(C(=O)N2CCC(C(N)=O)CC2)CC1=O. The number of carbonyl (C=O) groups is 3. The Morgan fingerprint density at radius 1 is 1.26 bits per heavy atom. The predicted molar refractivity (Wildman–Crippen MR) is 68.9 cm³/mol. The highest BCUT2D eigenvalue weighted by molar-refractivity contribution is 5.89. The smallest absolute Gasteiger partial charge is 0.227 e. The molecule has 2 aliphatic heterocycles. The number of primary amides is 1. The van der Waals surface area contributed by atoms with Gasteiger partial charge in [0.05, 0.1) is 5.92 Å². The standard InChI is InChI=1S/C13H21N3O3/c1-2-15-8-10(7-11(15)17)13(19)16-5-3-9(4-6-16)12(14)18/h9-10H,2-8H2,1H3,(H2,14,18). The monoisotopic (exact) mass is 267 g/mol. The van der Waals surface area contributed by atoms with Crippen molar-refractivity contribution < 1.29 is 14.4 Å². The maximum absolute atomic E-state index is 12.3. The van der Waals surface area contributed by atoms with Crippen molar-refractivity contribution in [1.82, 2.24) is 9.80 Å². The lowest BCUT2D eigenvalue weighted by Crippen LogP contribution is -2.44. The molecule has 2 heterocycles. The van der Waals surface area contributed by atoms with Gasteiger partial charge in [-0.2, -0.15) is 0 Å². The maximum Gasteiger partial charge on any atom is 0.227 e. The summed E-state index contributed by atoms with van der Waals surface area (Å²) in [6, 6.07) is 0. The Bertz CT molecular complexity index is 389. The molecule has 0 aromatic rings. The minimum atomic E-state index is -0.277. The molecule has 106 valence electrons. The lowest BCUT2D eigenvalue weighted by Gasteiger charge is -2.32. The molecular formula is C13H21N3O3. The molecule has 6 heteroatoms. The van der Waals surface area contributed by atoms with Crippen molar-refractivity contribution >= 4 is 17.7 Å². The van der Waals surface area contributed by atoms with Gasteiger partial charge in [-0.05, 0) is 19.8 Å². The molecule has 0 bridgehead atoms. The van der Waals surface area contributed by atoms with E-state index in [0.717, 1.165) is 0 Å². The molecule has 0 aromatic carbocycles. The number of amides is 3. The van der Waals surface area contributed by atoms with Crippen LogP contribution in [0.1, 0.15) is 26.2 Å². The molecule has 0 aromatic heterocycles. The van der Waals surface area contributed by atoms with Gasteiger partial charge in [-0.3, -0.25) is 14.4 Å². The van der Waals surface area contributed by atoms with Gasteiger partial charge < -0.3 is 15.5 Å². The van der Waals surface area contributed by atoms with Gasteiger partial charge >= 0.3 is 0 Å². The second kappa shape index (κ2) is 5.59. The summed E-state index contributed by atoms with van der Waals surface area (Å²) in [4.78, 5) is 38.5. The normalized spacial score (nSPS) is 24.9. The topological polar surface area (TPSA) is 83.7 Å². The molecule has 2 rings (SSSR count). The van der Waals surface area contributed by atoms with Crippen molar-refractivity contribution in [3.05, 3.63) is 0 Å². The first-order chi connectivity index (χ1) is 9.02. The van der Waals surface area contributed by atoms with Crippen molar-refractivity contribution in [3.8, 4) is 0 Å². The highest BCUT2D eigenvalue weighted by Crippen LogP contribution is 2.23. The van der Waals surface area contributed by atoms with Gasteiger partial charge in [-0.25, -0.2) is 0 Å². The Balaban J connectivity index is 1.88. The van der Waals surface area contributed by atoms with Crippen molar-refractivity contribution in [3.63, 3.8) is 0 Å². The van der Waals surface area contributed by atoms with E-state index in [1.54, 1.807) is 9.80 Å². The van der Waals surface area contributed by atoms with E-state index in [0.29, 0.717) is 45.4 Å². The van der Waals surface area contributed by atoms with Gasteiger partial charge in [-0.1, -0.05) is 0 Å². The number of likely N-dealkylation sites (tertiary alicyclic amines) is 2. The molecule has 19 heavy (non-hydrogen) atoms. The Morgan fingerprint density at radius 2 is 1.89 bits per heavy atom. The quantitative estimate of drug-likeness (QED) is 0.753. The van der Waals surface area contributed by atoms with Crippen LogP contribution in [-0.4, -0.2) is 53.7 Å². The molecule has 6 nitrogen and oxygen atoms in total. The van der Waals surface area contributed by atoms with E-state index in [1.165, 1.54) is 0 Å². The van der Waals surface area contributed by atoms with E-state index in [-0.39, 0.29) is 29.6 Å². The number of piperidine rings is 1. The fourth-order valence-electron chi connectivity index (χ4n) is 2.89. The summed E-state index contributed by atoms with van der Waals surface area (Å²) in [7, 11) is 0. The second-order valence-electron chi connectivity index (χ2n) is 5.34. The largest absolute Gasteiger partial charge is 0.369 e. The van der Waals surface area contributed by atoms with Gasteiger partial charge in [-0.15, -0.1) is 0 Å². The zero-order valence-corrected chi connectivity index (χ0v) is 11.3. The summed E-state index contributed by atoms with van der Waals surface area (Å²) in [6.07, 6.45) is 1.60. The molecule has 0 saturated carbocycles. The molecule has 2 fully saturated rings. The van der Waals surface area contributed by atoms with Crippen molar-refractivity contribution in [1.29, 1.82) is 0 Å². The number of carbonyl (C=O) groups excluding carboxylic acids is 3. The summed E-state index contributed by atoms with van der Waals surface area (Å²) in [5.74, 6) is -0.487. The molecule has 2 aliphatic rings. The number of rotatable bonds is 3. The minimum absolute atomic E-state index is 0.0484. The molecule has 1 atom stereocenters. The summed E-state index contributed by atoms with van der Waals surface area (Å²) in [5.41, 5.74) is 5.27. The molecule has 2 N–H and O–H groups in total. The van der Waals surface area contributed by atoms with Crippen LogP contribution in [0.2, 0.25) is 0 Å². The number of hydrogen-bond donors (Lipinski definition) is 1. The van der Waals surface area contributed by atoms with Crippen LogP contribution in [0.25, 0.3) is 0 Å².